The number of aliphatic hydroxyl groups is 1. The number of nitrogens with zero attached hydrogens (tertiary/aromatic N) is 2. The lowest BCUT2D eigenvalue weighted by Gasteiger charge is -2.40. The number of piperazine rings is 1. The summed E-state index contributed by atoms with van der Waals surface area (Å²) < 4.78 is 5.96. The van der Waals surface area contributed by atoms with Gasteiger partial charge in [-0.25, -0.2) is 0 Å². The van der Waals surface area contributed by atoms with Crippen LogP contribution in [0.15, 0.2) is 78.9 Å². The predicted octanol–water partition coefficient (Wildman–Crippen LogP) is 5.29. The van der Waals surface area contributed by atoms with Gasteiger partial charge in [-0.3, -0.25) is 9.80 Å². The van der Waals surface area contributed by atoms with Gasteiger partial charge in [-0.2, -0.15) is 0 Å². The van der Waals surface area contributed by atoms with Crippen molar-refractivity contribution >= 4 is 24.8 Å². The van der Waals surface area contributed by atoms with Gasteiger partial charge in [0, 0.05) is 32.7 Å². The molecule has 34 heavy (non-hydrogen) atoms. The van der Waals surface area contributed by atoms with Crippen LogP contribution in [0, 0.1) is 13.8 Å². The number of rotatable bonds is 8. The second-order valence-electron chi connectivity index (χ2n) is 8.75. The Hall–Kier alpha value is -2.08. The Morgan fingerprint density at radius 2 is 1.24 bits per heavy atom. The van der Waals surface area contributed by atoms with Gasteiger partial charge in [0.2, 0.25) is 0 Å². The third-order valence-corrected chi connectivity index (χ3v) is 6.30. The summed E-state index contributed by atoms with van der Waals surface area (Å²) in [5, 5.41) is 10.6. The minimum absolute atomic E-state index is 0. The third kappa shape index (κ3) is 7.21. The zero-order valence-corrected chi connectivity index (χ0v) is 21.6. The predicted molar refractivity (Wildman–Crippen MR) is 145 cm³/mol. The highest BCUT2D eigenvalue weighted by molar-refractivity contribution is 5.85. The van der Waals surface area contributed by atoms with E-state index in [-0.39, 0.29) is 30.9 Å². The SMILES string of the molecule is Cc1cccc(C)c1OCC(O)CN1CCN(C(c2ccccc2)c2ccccc2)CC1.Cl.Cl. The van der Waals surface area contributed by atoms with E-state index in [0.29, 0.717) is 13.2 Å². The molecule has 0 aromatic heterocycles. The monoisotopic (exact) mass is 502 g/mol. The molecular weight excluding hydrogens is 467 g/mol. The number of hydrogen-bond donors (Lipinski definition) is 1. The van der Waals surface area contributed by atoms with Gasteiger partial charge in [-0.15, -0.1) is 24.8 Å². The number of benzene rings is 3. The molecule has 184 valence electrons. The number of aryl methyl sites for hydroxylation is 2. The fourth-order valence-electron chi connectivity index (χ4n) is 4.65. The van der Waals surface area contributed by atoms with Crippen LogP contribution in [0.5, 0.6) is 5.75 Å². The molecule has 1 heterocycles. The maximum atomic E-state index is 10.6. The summed E-state index contributed by atoms with van der Waals surface area (Å²) in [7, 11) is 0. The summed E-state index contributed by atoms with van der Waals surface area (Å²) in [4.78, 5) is 4.91. The van der Waals surface area contributed by atoms with Crippen molar-refractivity contribution in [1.82, 2.24) is 9.80 Å². The van der Waals surface area contributed by atoms with Crippen LogP contribution >= 0.6 is 24.8 Å². The quantitative estimate of drug-likeness (QED) is 0.453. The summed E-state index contributed by atoms with van der Waals surface area (Å²) in [6.45, 7) is 8.88. The van der Waals surface area contributed by atoms with E-state index < -0.39 is 6.10 Å². The summed E-state index contributed by atoms with van der Waals surface area (Å²) in [5.74, 6) is 0.893. The molecule has 0 radical (unpaired) electrons. The van der Waals surface area contributed by atoms with Crippen molar-refractivity contribution in [1.29, 1.82) is 0 Å². The highest BCUT2D eigenvalue weighted by Crippen LogP contribution is 2.29. The highest BCUT2D eigenvalue weighted by Gasteiger charge is 2.27. The first-order valence-electron chi connectivity index (χ1n) is 11.5. The molecule has 0 aliphatic carbocycles. The van der Waals surface area contributed by atoms with E-state index in [1.165, 1.54) is 11.1 Å². The molecule has 1 fully saturated rings. The number of hydrogen-bond acceptors (Lipinski definition) is 4. The Morgan fingerprint density at radius 1 is 0.735 bits per heavy atom. The lowest BCUT2D eigenvalue weighted by Crippen LogP contribution is -2.50. The smallest absolute Gasteiger partial charge is 0.125 e. The van der Waals surface area contributed by atoms with Gasteiger partial charge in [0.05, 0.1) is 6.04 Å². The first kappa shape index (κ1) is 28.2. The summed E-state index contributed by atoms with van der Waals surface area (Å²) in [6, 6.07) is 27.9. The van der Waals surface area contributed by atoms with E-state index in [0.717, 1.165) is 43.1 Å². The van der Waals surface area contributed by atoms with E-state index in [2.05, 4.69) is 70.5 Å². The van der Waals surface area contributed by atoms with Crippen LogP contribution in [0.3, 0.4) is 0 Å². The Bertz CT molecular complexity index is 920. The number of β-amino-alcohol motifs (C(OH)–C–C–N with tert-alkyl or cyclic N) is 1. The van der Waals surface area contributed by atoms with E-state index in [1.807, 2.05) is 32.0 Å². The fourth-order valence-corrected chi connectivity index (χ4v) is 4.65. The van der Waals surface area contributed by atoms with Crippen LogP contribution < -0.4 is 4.74 Å². The van der Waals surface area contributed by atoms with Crippen LogP contribution in [0.2, 0.25) is 0 Å². The minimum Gasteiger partial charge on any atom is -0.490 e. The molecule has 1 aliphatic heterocycles. The molecule has 4 rings (SSSR count). The van der Waals surface area contributed by atoms with Crippen LogP contribution in [-0.4, -0.2) is 60.3 Å². The molecule has 4 nitrogen and oxygen atoms in total. The molecule has 1 unspecified atom stereocenters. The molecule has 1 saturated heterocycles. The lowest BCUT2D eigenvalue weighted by molar-refractivity contribution is 0.0398. The molecule has 3 aromatic carbocycles. The largest absolute Gasteiger partial charge is 0.490 e. The maximum Gasteiger partial charge on any atom is 0.125 e. The Morgan fingerprint density at radius 3 is 1.74 bits per heavy atom. The fraction of sp³-hybridized carbons (Fsp3) is 0.357. The van der Waals surface area contributed by atoms with Gasteiger partial charge < -0.3 is 9.84 Å². The van der Waals surface area contributed by atoms with E-state index >= 15 is 0 Å². The molecule has 1 N–H and O–H groups in total. The van der Waals surface area contributed by atoms with Crippen LogP contribution in [0.1, 0.15) is 28.3 Å². The topological polar surface area (TPSA) is 35.9 Å². The van der Waals surface area contributed by atoms with Crippen molar-refractivity contribution in [3.05, 3.63) is 101 Å². The highest BCUT2D eigenvalue weighted by atomic mass is 35.5. The van der Waals surface area contributed by atoms with E-state index in [4.69, 9.17) is 4.74 Å². The number of para-hydroxylation sites is 1. The second-order valence-corrected chi connectivity index (χ2v) is 8.75. The normalized spacial score (nSPS) is 15.3. The zero-order valence-electron chi connectivity index (χ0n) is 20.0. The van der Waals surface area contributed by atoms with E-state index in [9.17, 15) is 5.11 Å². The van der Waals surface area contributed by atoms with Crippen LogP contribution in [0.4, 0.5) is 0 Å². The molecule has 0 amide bonds. The van der Waals surface area contributed by atoms with Gasteiger partial charge in [0.25, 0.3) is 0 Å². The first-order chi connectivity index (χ1) is 15.6. The maximum absolute atomic E-state index is 10.6. The number of ether oxygens (including phenoxy) is 1. The van der Waals surface area contributed by atoms with Gasteiger partial charge in [0.15, 0.2) is 0 Å². The molecule has 1 atom stereocenters. The van der Waals surface area contributed by atoms with E-state index in [1.54, 1.807) is 0 Å². The molecule has 6 heteroatoms. The van der Waals surface area contributed by atoms with Gasteiger partial charge in [0.1, 0.15) is 18.5 Å². The average molecular weight is 504 g/mol. The van der Waals surface area contributed by atoms with Gasteiger partial charge in [-0.1, -0.05) is 78.9 Å². The Balaban J connectivity index is 0.00000204. The molecule has 0 bridgehead atoms. The number of aliphatic hydroxyl groups excluding tert-OH is 1. The average Bonchev–Trinajstić information content (AvgIpc) is 2.81. The molecule has 0 saturated carbocycles. The summed E-state index contributed by atoms with van der Waals surface area (Å²) >= 11 is 0. The minimum atomic E-state index is -0.500. The summed E-state index contributed by atoms with van der Waals surface area (Å²) in [5.41, 5.74) is 4.88. The lowest BCUT2D eigenvalue weighted by atomic mass is 9.96. The molecular formula is C28H36Cl2N2O2. The second kappa shape index (κ2) is 13.7. The van der Waals surface area contributed by atoms with Gasteiger partial charge >= 0.3 is 0 Å². The molecule has 1 aliphatic rings. The Kier molecular flexibility index (Phi) is 11.4. The molecule has 0 spiro atoms. The van der Waals surface area contributed by atoms with Crippen molar-refractivity contribution in [3.63, 3.8) is 0 Å². The standard InChI is InChI=1S/C28H34N2O2.2ClH/c1-22-10-9-11-23(2)28(22)32-21-26(31)20-29-16-18-30(19-17-29)27(24-12-5-3-6-13-24)25-14-7-4-8-15-25;;/h3-15,26-27,31H,16-21H2,1-2H3;2*1H. The summed E-state index contributed by atoms with van der Waals surface area (Å²) in [6.07, 6.45) is -0.500. The number of halogens is 2. The van der Waals surface area contributed by atoms with Crippen molar-refractivity contribution in [3.8, 4) is 5.75 Å². The molecule has 3 aromatic rings. The van der Waals surface area contributed by atoms with Crippen molar-refractivity contribution in [2.45, 2.75) is 26.0 Å². The van der Waals surface area contributed by atoms with Crippen molar-refractivity contribution in [2.24, 2.45) is 0 Å². The Labute approximate surface area is 216 Å². The zero-order chi connectivity index (χ0) is 22.3. The first-order valence-corrected chi connectivity index (χ1v) is 11.5. The van der Waals surface area contributed by atoms with Crippen LogP contribution in [-0.2, 0) is 0 Å². The van der Waals surface area contributed by atoms with Gasteiger partial charge in [-0.05, 0) is 36.1 Å². The van der Waals surface area contributed by atoms with Crippen LogP contribution in [0.25, 0.3) is 0 Å². The third-order valence-electron chi connectivity index (χ3n) is 6.30. The van der Waals surface area contributed by atoms with Crippen molar-refractivity contribution in [2.75, 3.05) is 39.3 Å². The van der Waals surface area contributed by atoms with Crippen molar-refractivity contribution < 1.29 is 9.84 Å².